The Balaban J connectivity index is 1.81. The van der Waals surface area contributed by atoms with Crippen LogP contribution in [0.1, 0.15) is 5.69 Å². The summed E-state index contributed by atoms with van der Waals surface area (Å²) in [5.74, 6) is -0.340. The van der Waals surface area contributed by atoms with Gasteiger partial charge in [-0.05, 0) is 12.1 Å². The molecule has 0 unspecified atom stereocenters. The Bertz CT molecular complexity index is 799. The number of rotatable bonds is 3. The Morgan fingerprint density at radius 1 is 1.19 bits per heavy atom. The molecule has 0 aliphatic rings. The standard InChI is InChI=1S/C13H8Cl2N4O2/c14-12-11(13(15)17-6-16-12)18-10(20)5-8-7-3-1-2-4-9(7)21-19-8/h1-4,6H,5H2,(H,18,20). The Labute approximate surface area is 129 Å². The Hall–Kier alpha value is -2.18. The van der Waals surface area contributed by atoms with Gasteiger partial charge in [-0.2, -0.15) is 0 Å². The first kappa shape index (κ1) is 13.8. The number of anilines is 1. The summed E-state index contributed by atoms with van der Waals surface area (Å²) >= 11 is 11.7. The summed E-state index contributed by atoms with van der Waals surface area (Å²) in [5.41, 5.74) is 1.34. The molecular formula is C13H8Cl2N4O2. The minimum Gasteiger partial charge on any atom is -0.356 e. The van der Waals surface area contributed by atoms with E-state index in [4.69, 9.17) is 27.7 Å². The van der Waals surface area contributed by atoms with Crippen LogP contribution in [0.2, 0.25) is 10.3 Å². The number of carbonyl (C=O) groups is 1. The van der Waals surface area contributed by atoms with Gasteiger partial charge in [0, 0.05) is 5.39 Å². The molecule has 3 aromatic rings. The minimum atomic E-state index is -0.340. The van der Waals surface area contributed by atoms with Crippen LogP contribution in [-0.2, 0) is 11.2 Å². The first-order chi connectivity index (χ1) is 10.1. The van der Waals surface area contributed by atoms with Gasteiger partial charge in [-0.3, -0.25) is 4.79 Å². The normalized spacial score (nSPS) is 10.8. The van der Waals surface area contributed by atoms with Gasteiger partial charge >= 0.3 is 0 Å². The van der Waals surface area contributed by atoms with Crippen molar-refractivity contribution in [1.82, 2.24) is 15.1 Å². The molecule has 0 aliphatic heterocycles. The van der Waals surface area contributed by atoms with Gasteiger partial charge in [0.1, 0.15) is 17.7 Å². The largest absolute Gasteiger partial charge is 0.356 e. The minimum absolute atomic E-state index is 0.0264. The zero-order chi connectivity index (χ0) is 14.8. The third-order valence-electron chi connectivity index (χ3n) is 2.80. The Kier molecular flexibility index (Phi) is 3.72. The van der Waals surface area contributed by atoms with Crippen LogP contribution in [0.5, 0.6) is 0 Å². The number of hydrogen-bond donors (Lipinski definition) is 1. The molecule has 6 nitrogen and oxygen atoms in total. The third kappa shape index (κ3) is 2.81. The van der Waals surface area contributed by atoms with Crippen LogP contribution in [0, 0.1) is 0 Å². The molecule has 1 aromatic carbocycles. The predicted molar refractivity (Wildman–Crippen MR) is 78.4 cm³/mol. The third-order valence-corrected chi connectivity index (χ3v) is 3.37. The van der Waals surface area contributed by atoms with Crippen LogP contribution < -0.4 is 5.32 Å². The van der Waals surface area contributed by atoms with Gasteiger partial charge in [-0.1, -0.05) is 40.5 Å². The lowest BCUT2D eigenvalue weighted by Crippen LogP contribution is -2.16. The molecule has 0 aliphatic carbocycles. The average molecular weight is 323 g/mol. The van der Waals surface area contributed by atoms with Crippen LogP contribution in [0.25, 0.3) is 11.0 Å². The van der Waals surface area contributed by atoms with E-state index in [1.807, 2.05) is 18.2 Å². The predicted octanol–water partition coefficient (Wildman–Crippen LogP) is 3.11. The highest BCUT2D eigenvalue weighted by Gasteiger charge is 2.15. The topological polar surface area (TPSA) is 80.9 Å². The first-order valence-electron chi connectivity index (χ1n) is 5.94. The number of fused-ring (bicyclic) bond motifs is 1. The quantitative estimate of drug-likeness (QED) is 0.749. The van der Waals surface area contributed by atoms with E-state index < -0.39 is 0 Å². The second-order valence-corrected chi connectivity index (χ2v) is 4.90. The molecule has 0 saturated carbocycles. The number of nitrogens with one attached hydrogen (secondary N) is 1. The first-order valence-corrected chi connectivity index (χ1v) is 6.70. The van der Waals surface area contributed by atoms with Crippen LogP contribution >= 0.6 is 23.2 Å². The second kappa shape index (κ2) is 5.67. The zero-order valence-electron chi connectivity index (χ0n) is 10.5. The van der Waals surface area contributed by atoms with Crippen LogP contribution in [0.3, 0.4) is 0 Å². The maximum Gasteiger partial charge on any atom is 0.230 e. The lowest BCUT2D eigenvalue weighted by Gasteiger charge is -2.06. The van der Waals surface area contributed by atoms with Gasteiger partial charge in [-0.15, -0.1) is 0 Å². The van der Waals surface area contributed by atoms with Gasteiger partial charge in [-0.25, -0.2) is 9.97 Å². The zero-order valence-corrected chi connectivity index (χ0v) is 12.0. The highest BCUT2D eigenvalue weighted by molar-refractivity contribution is 6.38. The number of benzene rings is 1. The van der Waals surface area contributed by atoms with E-state index in [-0.39, 0.29) is 28.3 Å². The molecule has 1 N–H and O–H groups in total. The van der Waals surface area contributed by atoms with Crippen molar-refractivity contribution in [1.29, 1.82) is 0 Å². The van der Waals surface area contributed by atoms with E-state index in [2.05, 4.69) is 20.4 Å². The molecule has 1 amide bonds. The number of carbonyl (C=O) groups excluding carboxylic acids is 1. The maximum atomic E-state index is 12.1. The molecule has 0 radical (unpaired) electrons. The highest BCUT2D eigenvalue weighted by Crippen LogP contribution is 2.26. The lowest BCUT2D eigenvalue weighted by molar-refractivity contribution is -0.115. The van der Waals surface area contributed by atoms with Crippen molar-refractivity contribution in [3.8, 4) is 0 Å². The van der Waals surface area contributed by atoms with Gasteiger partial charge < -0.3 is 9.84 Å². The average Bonchev–Trinajstić information content (AvgIpc) is 2.87. The number of para-hydroxylation sites is 1. The van der Waals surface area contributed by atoms with E-state index >= 15 is 0 Å². The molecule has 2 heterocycles. The van der Waals surface area contributed by atoms with Gasteiger partial charge in [0.2, 0.25) is 5.91 Å². The summed E-state index contributed by atoms with van der Waals surface area (Å²) in [7, 11) is 0. The van der Waals surface area contributed by atoms with Gasteiger partial charge in [0.25, 0.3) is 0 Å². The van der Waals surface area contributed by atoms with Crippen molar-refractivity contribution in [3.05, 3.63) is 46.6 Å². The maximum absolute atomic E-state index is 12.1. The van der Waals surface area contributed by atoms with E-state index in [1.165, 1.54) is 6.33 Å². The summed E-state index contributed by atoms with van der Waals surface area (Å²) in [6.07, 6.45) is 1.24. The van der Waals surface area contributed by atoms with Crippen LogP contribution in [0.15, 0.2) is 35.1 Å². The van der Waals surface area contributed by atoms with Crippen molar-refractivity contribution in [2.75, 3.05) is 5.32 Å². The Morgan fingerprint density at radius 3 is 2.67 bits per heavy atom. The van der Waals surface area contributed by atoms with Crippen LogP contribution in [0.4, 0.5) is 5.69 Å². The van der Waals surface area contributed by atoms with E-state index in [1.54, 1.807) is 6.07 Å². The Morgan fingerprint density at radius 2 is 1.90 bits per heavy atom. The fourth-order valence-electron chi connectivity index (χ4n) is 1.85. The van der Waals surface area contributed by atoms with Crippen molar-refractivity contribution in [2.24, 2.45) is 0 Å². The number of amides is 1. The summed E-state index contributed by atoms with van der Waals surface area (Å²) in [6, 6.07) is 7.29. The van der Waals surface area contributed by atoms with E-state index in [0.29, 0.717) is 11.3 Å². The fraction of sp³-hybridized carbons (Fsp3) is 0.0769. The molecule has 8 heteroatoms. The second-order valence-electron chi connectivity index (χ2n) is 4.18. The molecule has 0 spiro atoms. The van der Waals surface area contributed by atoms with Gasteiger partial charge in [0.05, 0.1) is 6.42 Å². The molecule has 0 saturated heterocycles. The molecule has 3 rings (SSSR count). The fourth-order valence-corrected chi connectivity index (χ4v) is 2.26. The SMILES string of the molecule is O=C(Cc1noc2ccccc12)Nc1c(Cl)ncnc1Cl. The summed E-state index contributed by atoms with van der Waals surface area (Å²) in [6.45, 7) is 0. The number of hydrogen-bond acceptors (Lipinski definition) is 5. The number of nitrogens with zero attached hydrogens (tertiary/aromatic N) is 3. The van der Waals surface area contributed by atoms with Crippen molar-refractivity contribution in [3.63, 3.8) is 0 Å². The molecule has 2 aromatic heterocycles. The van der Waals surface area contributed by atoms with Gasteiger partial charge in [0.15, 0.2) is 15.9 Å². The molecule has 106 valence electrons. The summed E-state index contributed by atoms with van der Waals surface area (Å²) < 4.78 is 5.14. The van der Waals surface area contributed by atoms with Crippen molar-refractivity contribution >= 4 is 45.8 Å². The number of aromatic nitrogens is 3. The highest BCUT2D eigenvalue weighted by atomic mass is 35.5. The smallest absolute Gasteiger partial charge is 0.230 e. The monoisotopic (exact) mass is 322 g/mol. The lowest BCUT2D eigenvalue weighted by atomic mass is 10.1. The number of halogens is 2. The molecule has 0 bridgehead atoms. The van der Waals surface area contributed by atoms with E-state index in [9.17, 15) is 4.79 Å². The molecule has 0 atom stereocenters. The molecule has 21 heavy (non-hydrogen) atoms. The van der Waals surface area contributed by atoms with Crippen LogP contribution in [-0.4, -0.2) is 21.0 Å². The van der Waals surface area contributed by atoms with E-state index in [0.717, 1.165) is 5.39 Å². The molecule has 0 fully saturated rings. The van der Waals surface area contributed by atoms with Crippen molar-refractivity contribution in [2.45, 2.75) is 6.42 Å². The molecular weight excluding hydrogens is 315 g/mol. The summed E-state index contributed by atoms with van der Waals surface area (Å²) in [5, 5.41) is 7.40. The summed E-state index contributed by atoms with van der Waals surface area (Å²) in [4.78, 5) is 19.6. The van der Waals surface area contributed by atoms with Crippen molar-refractivity contribution < 1.29 is 9.32 Å².